The van der Waals surface area contributed by atoms with Gasteiger partial charge in [-0.2, -0.15) is 0 Å². The van der Waals surface area contributed by atoms with Crippen molar-refractivity contribution in [2.75, 3.05) is 51.7 Å². The molecule has 1 fully saturated rings. The summed E-state index contributed by atoms with van der Waals surface area (Å²) < 4.78 is 0. The number of quaternary nitrogens is 1. The van der Waals surface area contributed by atoms with Gasteiger partial charge in [-0.15, -0.1) is 0 Å². The lowest BCUT2D eigenvalue weighted by Crippen LogP contribution is -3.09. The van der Waals surface area contributed by atoms with E-state index in [0.29, 0.717) is 25.2 Å². The Kier molecular flexibility index (Phi) is 7.12. The molecule has 0 bridgehead atoms. The van der Waals surface area contributed by atoms with Gasteiger partial charge < -0.3 is 20.0 Å². The summed E-state index contributed by atoms with van der Waals surface area (Å²) in [4.78, 5) is 29.6. The van der Waals surface area contributed by atoms with Crippen molar-refractivity contribution >= 4 is 29.1 Å². The second-order valence-corrected chi connectivity index (χ2v) is 7.81. The standard InChI is InChI=1S/C22H27ClN4O2/c1-24-22(29)18-9-7-17(8-10-18)15-25(2)16-21(28)27-13-11-26(12-14-27)20-6-4-3-5-19(20)23/h3-10H,11-16H2,1-2H3,(H,24,29)/p+1. The van der Waals surface area contributed by atoms with Gasteiger partial charge in [-0.3, -0.25) is 9.59 Å². The number of carbonyl (C=O) groups is 2. The van der Waals surface area contributed by atoms with E-state index >= 15 is 0 Å². The molecule has 0 saturated carbocycles. The summed E-state index contributed by atoms with van der Waals surface area (Å²) in [5, 5.41) is 3.36. The van der Waals surface area contributed by atoms with Gasteiger partial charge in [-0.25, -0.2) is 0 Å². The highest BCUT2D eigenvalue weighted by molar-refractivity contribution is 6.33. The van der Waals surface area contributed by atoms with Crippen LogP contribution in [0.15, 0.2) is 48.5 Å². The topological polar surface area (TPSA) is 57.1 Å². The smallest absolute Gasteiger partial charge is 0.277 e. The number of rotatable bonds is 6. The maximum Gasteiger partial charge on any atom is 0.277 e. The Bertz CT molecular complexity index is 848. The third-order valence-electron chi connectivity index (χ3n) is 5.23. The van der Waals surface area contributed by atoms with Crippen LogP contribution >= 0.6 is 11.6 Å². The van der Waals surface area contributed by atoms with E-state index in [9.17, 15) is 9.59 Å². The number of benzene rings is 2. The predicted molar refractivity (Wildman–Crippen MR) is 116 cm³/mol. The number of amides is 2. The van der Waals surface area contributed by atoms with E-state index in [2.05, 4.69) is 10.2 Å². The van der Waals surface area contributed by atoms with E-state index < -0.39 is 0 Å². The minimum Gasteiger partial charge on any atom is -0.367 e. The molecular weight excluding hydrogens is 388 g/mol. The van der Waals surface area contributed by atoms with Crippen molar-refractivity contribution in [3.05, 3.63) is 64.7 Å². The minimum absolute atomic E-state index is 0.0941. The average Bonchev–Trinajstić information content (AvgIpc) is 2.74. The first-order chi connectivity index (χ1) is 14.0. The molecule has 2 aromatic rings. The van der Waals surface area contributed by atoms with E-state index in [1.165, 1.54) is 0 Å². The van der Waals surface area contributed by atoms with Gasteiger partial charge in [0.2, 0.25) is 0 Å². The highest BCUT2D eigenvalue weighted by Gasteiger charge is 2.24. The van der Waals surface area contributed by atoms with E-state index in [0.717, 1.165) is 40.8 Å². The zero-order chi connectivity index (χ0) is 20.8. The zero-order valence-corrected chi connectivity index (χ0v) is 17.7. The van der Waals surface area contributed by atoms with Crippen molar-refractivity contribution in [3.8, 4) is 0 Å². The normalized spacial score (nSPS) is 15.1. The van der Waals surface area contributed by atoms with Crippen LogP contribution in [0.5, 0.6) is 0 Å². The predicted octanol–water partition coefficient (Wildman–Crippen LogP) is 1.06. The largest absolute Gasteiger partial charge is 0.367 e. The Morgan fingerprint density at radius 3 is 2.31 bits per heavy atom. The van der Waals surface area contributed by atoms with Crippen LogP contribution in [0.4, 0.5) is 5.69 Å². The molecule has 1 aliphatic rings. The second-order valence-electron chi connectivity index (χ2n) is 7.41. The lowest BCUT2D eigenvalue weighted by molar-refractivity contribution is -0.885. The van der Waals surface area contributed by atoms with E-state index in [1.54, 1.807) is 7.05 Å². The molecule has 29 heavy (non-hydrogen) atoms. The number of para-hydroxylation sites is 1. The molecule has 2 aromatic carbocycles. The number of hydrogen-bond acceptors (Lipinski definition) is 3. The number of carbonyl (C=O) groups excluding carboxylic acids is 2. The number of piperazine rings is 1. The zero-order valence-electron chi connectivity index (χ0n) is 17.0. The third kappa shape index (κ3) is 5.49. The number of likely N-dealkylation sites (N-methyl/N-ethyl adjacent to an activating group) is 1. The summed E-state index contributed by atoms with van der Waals surface area (Å²) >= 11 is 6.29. The monoisotopic (exact) mass is 415 g/mol. The van der Waals surface area contributed by atoms with Gasteiger partial charge in [-0.1, -0.05) is 35.9 Å². The second kappa shape index (κ2) is 9.76. The van der Waals surface area contributed by atoms with Crippen LogP contribution < -0.4 is 15.1 Å². The first-order valence-electron chi connectivity index (χ1n) is 9.87. The molecule has 2 N–H and O–H groups in total. The van der Waals surface area contributed by atoms with E-state index in [4.69, 9.17) is 11.6 Å². The number of halogens is 1. The molecule has 6 nitrogen and oxygen atoms in total. The van der Waals surface area contributed by atoms with E-state index in [1.807, 2.05) is 60.5 Å². The van der Waals surface area contributed by atoms with Gasteiger partial charge in [-0.05, 0) is 24.3 Å². The number of hydrogen-bond donors (Lipinski definition) is 2. The van der Waals surface area contributed by atoms with Crippen molar-refractivity contribution in [2.24, 2.45) is 0 Å². The fourth-order valence-corrected chi connectivity index (χ4v) is 3.86. The molecule has 0 spiro atoms. The van der Waals surface area contributed by atoms with Crippen LogP contribution in [-0.2, 0) is 11.3 Å². The fraction of sp³-hybridized carbons (Fsp3) is 0.364. The Morgan fingerprint density at radius 2 is 1.69 bits per heavy atom. The van der Waals surface area contributed by atoms with Crippen LogP contribution in [0, 0.1) is 0 Å². The van der Waals surface area contributed by atoms with Crippen LogP contribution in [0.2, 0.25) is 5.02 Å². The quantitative estimate of drug-likeness (QED) is 0.741. The molecule has 2 amide bonds. The summed E-state index contributed by atoms with van der Waals surface area (Å²) in [5.41, 5.74) is 2.78. The first kappa shape index (κ1) is 21.1. The Hall–Kier alpha value is -2.57. The Balaban J connectivity index is 1.48. The number of anilines is 1. The van der Waals surface area contributed by atoms with Crippen molar-refractivity contribution in [1.82, 2.24) is 10.2 Å². The highest BCUT2D eigenvalue weighted by atomic mass is 35.5. The van der Waals surface area contributed by atoms with Crippen LogP contribution in [-0.4, -0.2) is 63.5 Å². The summed E-state index contributed by atoms with van der Waals surface area (Å²) in [6, 6.07) is 15.4. The van der Waals surface area contributed by atoms with Gasteiger partial charge in [0.1, 0.15) is 6.54 Å². The molecule has 0 radical (unpaired) electrons. The van der Waals surface area contributed by atoms with E-state index in [-0.39, 0.29) is 11.8 Å². The summed E-state index contributed by atoms with van der Waals surface area (Å²) in [5.74, 6) is 0.0756. The number of nitrogens with zero attached hydrogens (tertiary/aromatic N) is 2. The molecule has 7 heteroatoms. The fourth-order valence-electron chi connectivity index (χ4n) is 3.60. The van der Waals surface area contributed by atoms with Crippen LogP contribution in [0.3, 0.4) is 0 Å². The molecule has 0 aromatic heterocycles. The molecule has 1 atom stereocenters. The van der Waals surface area contributed by atoms with Crippen LogP contribution in [0.1, 0.15) is 15.9 Å². The third-order valence-corrected chi connectivity index (χ3v) is 5.55. The summed E-state index contributed by atoms with van der Waals surface area (Å²) in [7, 11) is 3.64. The van der Waals surface area contributed by atoms with Crippen molar-refractivity contribution in [3.63, 3.8) is 0 Å². The first-order valence-corrected chi connectivity index (χ1v) is 10.3. The molecule has 1 unspecified atom stereocenters. The summed E-state index contributed by atoms with van der Waals surface area (Å²) in [6.07, 6.45) is 0. The molecule has 1 heterocycles. The lowest BCUT2D eigenvalue weighted by Gasteiger charge is -2.36. The van der Waals surface area contributed by atoms with Gasteiger partial charge in [0.15, 0.2) is 6.54 Å². The minimum atomic E-state index is -0.0941. The van der Waals surface area contributed by atoms with Crippen molar-refractivity contribution < 1.29 is 14.5 Å². The van der Waals surface area contributed by atoms with Gasteiger partial charge >= 0.3 is 0 Å². The van der Waals surface area contributed by atoms with Gasteiger partial charge in [0.05, 0.1) is 17.8 Å². The highest BCUT2D eigenvalue weighted by Crippen LogP contribution is 2.25. The SMILES string of the molecule is CNC(=O)c1ccc(C[NH+](C)CC(=O)N2CCN(c3ccccc3Cl)CC2)cc1. The van der Waals surface area contributed by atoms with Gasteiger partial charge in [0, 0.05) is 44.4 Å². The average molecular weight is 416 g/mol. The Labute approximate surface area is 177 Å². The Morgan fingerprint density at radius 1 is 1.03 bits per heavy atom. The molecule has 1 saturated heterocycles. The van der Waals surface area contributed by atoms with Crippen molar-refractivity contribution in [2.45, 2.75) is 6.54 Å². The summed E-state index contributed by atoms with van der Waals surface area (Å²) in [6.45, 7) is 4.17. The molecule has 0 aliphatic carbocycles. The maximum absolute atomic E-state index is 12.7. The van der Waals surface area contributed by atoms with Gasteiger partial charge in [0.25, 0.3) is 11.8 Å². The maximum atomic E-state index is 12.7. The molecule has 1 aliphatic heterocycles. The molecule has 3 rings (SSSR count). The molecular formula is C22H28ClN4O2+. The molecule has 154 valence electrons. The lowest BCUT2D eigenvalue weighted by atomic mass is 10.1. The van der Waals surface area contributed by atoms with Crippen LogP contribution in [0.25, 0.3) is 0 Å². The van der Waals surface area contributed by atoms with Crippen molar-refractivity contribution in [1.29, 1.82) is 0 Å². The number of nitrogens with one attached hydrogen (secondary N) is 2.